The maximum absolute atomic E-state index is 11.6. The molecule has 0 radical (unpaired) electrons. The molecule has 0 amide bonds. The Morgan fingerprint density at radius 1 is 1.58 bits per heavy atom. The van der Waals surface area contributed by atoms with Crippen LogP contribution in [0.5, 0.6) is 0 Å². The van der Waals surface area contributed by atoms with Gasteiger partial charge in [-0.05, 0) is 26.0 Å². The van der Waals surface area contributed by atoms with Crippen molar-refractivity contribution in [3.8, 4) is 0 Å². The smallest absolute Gasteiger partial charge is 0.316 e. The Morgan fingerprint density at radius 3 is 2.75 bits per heavy atom. The molecule has 0 heterocycles. The van der Waals surface area contributed by atoms with Gasteiger partial charge in [0, 0.05) is 0 Å². The van der Waals surface area contributed by atoms with Crippen LogP contribution in [0.3, 0.4) is 0 Å². The van der Waals surface area contributed by atoms with Crippen molar-refractivity contribution >= 4 is 17.7 Å². The Hall–Kier alpha value is -0.250. The van der Waals surface area contributed by atoms with Crippen LogP contribution < -0.4 is 0 Å². The average molecular weight is 194 g/mol. The van der Waals surface area contributed by atoms with Crippen molar-refractivity contribution in [1.29, 1.82) is 0 Å². The molecular formula is C8H15FO2S. The van der Waals surface area contributed by atoms with Gasteiger partial charge >= 0.3 is 5.97 Å². The Morgan fingerprint density at radius 2 is 2.25 bits per heavy atom. The van der Waals surface area contributed by atoms with E-state index in [-0.39, 0.29) is 18.7 Å². The minimum atomic E-state index is -0.313. The van der Waals surface area contributed by atoms with Crippen LogP contribution in [-0.2, 0) is 9.53 Å². The molecule has 0 aliphatic carbocycles. The third kappa shape index (κ3) is 7.85. The van der Waals surface area contributed by atoms with Gasteiger partial charge in [-0.1, -0.05) is 0 Å². The minimum absolute atomic E-state index is 0.0562. The monoisotopic (exact) mass is 194 g/mol. The fourth-order valence-corrected chi connectivity index (χ4v) is 1.30. The standard InChI is InChI=1S/C8H15FO2S/c1-7(2)11-8(10)6-12-5-3-4-9/h7H,3-6H2,1-2H3. The highest BCUT2D eigenvalue weighted by Gasteiger charge is 2.04. The van der Waals surface area contributed by atoms with Crippen molar-refractivity contribution in [2.45, 2.75) is 26.4 Å². The molecule has 0 saturated carbocycles. The minimum Gasteiger partial charge on any atom is -0.462 e. The molecule has 0 fully saturated rings. The molecule has 0 aromatic heterocycles. The first-order valence-corrected chi connectivity index (χ1v) is 5.15. The summed E-state index contributed by atoms with van der Waals surface area (Å²) in [4.78, 5) is 10.9. The molecule has 0 aliphatic heterocycles. The van der Waals surface area contributed by atoms with Gasteiger partial charge in [0.2, 0.25) is 0 Å². The highest BCUT2D eigenvalue weighted by Crippen LogP contribution is 2.04. The molecular weight excluding hydrogens is 179 g/mol. The van der Waals surface area contributed by atoms with Gasteiger partial charge in [0.1, 0.15) is 0 Å². The van der Waals surface area contributed by atoms with Gasteiger partial charge in [-0.15, -0.1) is 0 Å². The van der Waals surface area contributed by atoms with Gasteiger partial charge in [0.05, 0.1) is 18.5 Å². The number of hydrogen-bond donors (Lipinski definition) is 0. The number of halogens is 1. The SMILES string of the molecule is CC(C)OC(=O)CSCCCF. The van der Waals surface area contributed by atoms with Gasteiger partial charge in [0.15, 0.2) is 0 Å². The van der Waals surface area contributed by atoms with Gasteiger partial charge < -0.3 is 4.74 Å². The molecule has 0 spiro atoms. The quantitative estimate of drug-likeness (QED) is 0.478. The van der Waals surface area contributed by atoms with Crippen LogP contribution in [0, 0.1) is 0 Å². The van der Waals surface area contributed by atoms with Crippen LogP contribution in [0.4, 0.5) is 4.39 Å². The first-order valence-electron chi connectivity index (χ1n) is 4.00. The van der Waals surface area contributed by atoms with Crippen molar-refractivity contribution in [3.63, 3.8) is 0 Å². The zero-order valence-electron chi connectivity index (χ0n) is 7.51. The molecule has 0 N–H and O–H groups in total. The molecule has 2 nitrogen and oxygen atoms in total. The number of alkyl halides is 1. The van der Waals surface area contributed by atoms with Gasteiger partial charge in [-0.25, -0.2) is 0 Å². The van der Waals surface area contributed by atoms with E-state index >= 15 is 0 Å². The molecule has 0 saturated heterocycles. The summed E-state index contributed by atoms with van der Waals surface area (Å²) in [6.45, 7) is 3.31. The van der Waals surface area contributed by atoms with Crippen LogP contribution in [-0.4, -0.2) is 30.3 Å². The van der Waals surface area contributed by atoms with E-state index in [4.69, 9.17) is 4.74 Å². The molecule has 4 heteroatoms. The molecule has 0 rings (SSSR count). The lowest BCUT2D eigenvalue weighted by molar-refractivity contribution is -0.144. The Labute approximate surface area is 76.9 Å². The molecule has 0 aromatic rings. The van der Waals surface area contributed by atoms with Crippen LogP contribution in [0.25, 0.3) is 0 Å². The fraction of sp³-hybridized carbons (Fsp3) is 0.875. The summed E-state index contributed by atoms with van der Waals surface area (Å²) >= 11 is 1.41. The Kier molecular flexibility index (Phi) is 7.25. The van der Waals surface area contributed by atoms with E-state index in [0.717, 1.165) is 0 Å². The Bertz CT molecular complexity index is 128. The second-order valence-corrected chi connectivity index (χ2v) is 3.74. The number of carbonyl (C=O) groups excluding carboxylic acids is 1. The van der Waals surface area contributed by atoms with Crippen molar-refractivity contribution in [2.75, 3.05) is 18.2 Å². The molecule has 0 aromatic carbocycles. The number of rotatable bonds is 6. The van der Waals surface area contributed by atoms with Crippen molar-refractivity contribution in [2.24, 2.45) is 0 Å². The van der Waals surface area contributed by atoms with E-state index in [9.17, 15) is 9.18 Å². The lowest BCUT2D eigenvalue weighted by atomic mass is 10.5. The number of esters is 1. The second kappa shape index (κ2) is 7.40. The van der Waals surface area contributed by atoms with Crippen LogP contribution in [0.2, 0.25) is 0 Å². The predicted molar refractivity (Wildman–Crippen MR) is 49.1 cm³/mol. The Balaban J connectivity index is 3.20. The number of hydrogen-bond acceptors (Lipinski definition) is 3. The number of carbonyl (C=O) groups is 1. The largest absolute Gasteiger partial charge is 0.462 e. The summed E-state index contributed by atoms with van der Waals surface area (Å²) in [6, 6.07) is 0. The topological polar surface area (TPSA) is 26.3 Å². The van der Waals surface area contributed by atoms with E-state index in [1.54, 1.807) is 0 Å². The van der Waals surface area contributed by atoms with Crippen LogP contribution in [0.1, 0.15) is 20.3 Å². The van der Waals surface area contributed by atoms with Crippen LogP contribution >= 0.6 is 11.8 Å². The molecule has 0 atom stereocenters. The van der Waals surface area contributed by atoms with E-state index in [2.05, 4.69) is 0 Å². The zero-order valence-corrected chi connectivity index (χ0v) is 8.32. The average Bonchev–Trinajstić information content (AvgIpc) is 1.97. The predicted octanol–water partition coefficient (Wildman–Crippen LogP) is 2.03. The highest BCUT2D eigenvalue weighted by molar-refractivity contribution is 7.99. The summed E-state index contributed by atoms with van der Waals surface area (Å²) in [5.74, 6) is 0.802. The van der Waals surface area contributed by atoms with E-state index in [0.29, 0.717) is 17.9 Å². The molecule has 12 heavy (non-hydrogen) atoms. The first kappa shape index (κ1) is 11.8. The second-order valence-electron chi connectivity index (χ2n) is 2.63. The summed E-state index contributed by atoms with van der Waals surface area (Å²) in [5.41, 5.74) is 0. The molecule has 0 bridgehead atoms. The first-order chi connectivity index (χ1) is 5.66. The van der Waals surface area contributed by atoms with Crippen molar-refractivity contribution < 1.29 is 13.9 Å². The van der Waals surface area contributed by atoms with Gasteiger partial charge in [0.25, 0.3) is 0 Å². The van der Waals surface area contributed by atoms with Crippen molar-refractivity contribution in [3.05, 3.63) is 0 Å². The summed E-state index contributed by atoms with van der Waals surface area (Å²) in [7, 11) is 0. The summed E-state index contributed by atoms with van der Waals surface area (Å²) in [5, 5.41) is 0. The lowest BCUT2D eigenvalue weighted by Crippen LogP contribution is -2.13. The molecule has 0 unspecified atom stereocenters. The fourth-order valence-electron chi connectivity index (χ4n) is 0.609. The third-order valence-corrected chi connectivity index (χ3v) is 2.03. The maximum atomic E-state index is 11.6. The third-order valence-electron chi connectivity index (χ3n) is 1.01. The maximum Gasteiger partial charge on any atom is 0.316 e. The lowest BCUT2D eigenvalue weighted by Gasteiger charge is -2.06. The van der Waals surface area contributed by atoms with Crippen molar-refractivity contribution in [1.82, 2.24) is 0 Å². The number of ether oxygens (including phenoxy) is 1. The number of thioether (sulfide) groups is 1. The summed E-state index contributed by atoms with van der Waals surface area (Å²) in [6.07, 6.45) is 0.457. The van der Waals surface area contributed by atoms with E-state index in [1.165, 1.54) is 11.8 Å². The van der Waals surface area contributed by atoms with Gasteiger partial charge in [-0.3, -0.25) is 9.18 Å². The zero-order chi connectivity index (χ0) is 9.40. The van der Waals surface area contributed by atoms with Gasteiger partial charge in [-0.2, -0.15) is 11.8 Å². The normalized spacial score (nSPS) is 10.3. The highest BCUT2D eigenvalue weighted by atomic mass is 32.2. The van der Waals surface area contributed by atoms with E-state index in [1.807, 2.05) is 13.8 Å². The molecule has 72 valence electrons. The van der Waals surface area contributed by atoms with E-state index < -0.39 is 0 Å². The summed E-state index contributed by atoms with van der Waals surface area (Å²) < 4.78 is 16.5. The van der Waals surface area contributed by atoms with Crippen LogP contribution in [0.15, 0.2) is 0 Å². The molecule has 0 aliphatic rings.